The lowest BCUT2D eigenvalue weighted by Gasteiger charge is -2.08. The Morgan fingerprint density at radius 3 is 2.48 bits per heavy atom. The third-order valence-corrected chi connectivity index (χ3v) is 4.50. The molecule has 0 spiro atoms. The van der Waals surface area contributed by atoms with E-state index >= 15 is 0 Å². The molecule has 10 heteroatoms. The van der Waals surface area contributed by atoms with Gasteiger partial charge in [-0.25, -0.2) is 9.48 Å². The highest BCUT2D eigenvalue weighted by Crippen LogP contribution is 2.24. The number of benzene rings is 2. The summed E-state index contributed by atoms with van der Waals surface area (Å²) in [5.74, 6) is -0.908. The van der Waals surface area contributed by atoms with Crippen molar-refractivity contribution in [1.29, 1.82) is 0 Å². The van der Waals surface area contributed by atoms with Crippen LogP contribution >= 0.6 is 0 Å². The fourth-order valence-corrected chi connectivity index (χ4v) is 3.00. The molecule has 0 N–H and O–H groups in total. The summed E-state index contributed by atoms with van der Waals surface area (Å²) in [6, 6.07) is 11.2. The van der Waals surface area contributed by atoms with Crippen molar-refractivity contribution in [3.05, 3.63) is 80.7 Å². The van der Waals surface area contributed by atoms with Gasteiger partial charge in [-0.05, 0) is 43.2 Å². The lowest BCUT2D eigenvalue weighted by molar-refractivity contribution is -0.385. The van der Waals surface area contributed by atoms with Crippen molar-refractivity contribution in [1.82, 2.24) is 15.0 Å². The molecule has 0 radical (unpaired) electrons. The smallest absolute Gasteiger partial charge is 0.359 e. The van der Waals surface area contributed by atoms with Crippen molar-refractivity contribution in [3.8, 4) is 5.75 Å². The third kappa shape index (κ3) is 4.58. The SMILES string of the molecule is CCOC(=O)c1c(C(=O)c2cc(C)ccc2[N+](=O)[O-])nnn1Cc1ccc(OC)cc1. The number of esters is 1. The average Bonchev–Trinajstić information content (AvgIpc) is 3.17. The molecule has 0 aliphatic heterocycles. The minimum absolute atomic E-state index is 0.0742. The van der Waals surface area contributed by atoms with Gasteiger partial charge in [0, 0.05) is 6.07 Å². The lowest BCUT2D eigenvalue weighted by Crippen LogP contribution is -2.18. The molecule has 160 valence electrons. The van der Waals surface area contributed by atoms with Crippen LogP contribution in [0.25, 0.3) is 0 Å². The number of ether oxygens (including phenoxy) is 2. The van der Waals surface area contributed by atoms with Crippen molar-refractivity contribution in [2.45, 2.75) is 20.4 Å². The van der Waals surface area contributed by atoms with E-state index in [0.29, 0.717) is 11.3 Å². The molecule has 1 heterocycles. The van der Waals surface area contributed by atoms with E-state index in [1.54, 1.807) is 45.2 Å². The number of hydrogen-bond acceptors (Lipinski definition) is 8. The Balaban J connectivity index is 2.06. The van der Waals surface area contributed by atoms with Crippen LogP contribution in [0, 0.1) is 17.0 Å². The number of nitro groups is 1. The second kappa shape index (κ2) is 9.16. The van der Waals surface area contributed by atoms with Gasteiger partial charge in [0.2, 0.25) is 5.78 Å². The molecule has 0 atom stereocenters. The molecule has 0 saturated heterocycles. The summed E-state index contributed by atoms with van der Waals surface area (Å²) in [7, 11) is 1.55. The van der Waals surface area contributed by atoms with E-state index in [-0.39, 0.29) is 35.8 Å². The summed E-state index contributed by atoms with van der Waals surface area (Å²) in [5, 5.41) is 19.2. The molecule has 31 heavy (non-hydrogen) atoms. The van der Waals surface area contributed by atoms with Gasteiger partial charge in [0.25, 0.3) is 5.69 Å². The molecule has 0 aliphatic rings. The molecule has 10 nitrogen and oxygen atoms in total. The first-order valence-electron chi connectivity index (χ1n) is 9.39. The van der Waals surface area contributed by atoms with Gasteiger partial charge in [0.1, 0.15) is 11.3 Å². The Morgan fingerprint density at radius 1 is 1.16 bits per heavy atom. The largest absolute Gasteiger partial charge is 0.497 e. The fraction of sp³-hybridized carbons (Fsp3) is 0.238. The van der Waals surface area contributed by atoms with Crippen LogP contribution in [-0.2, 0) is 11.3 Å². The maximum Gasteiger partial charge on any atom is 0.359 e. The van der Waals surface area contributed by atoms with E-state index in [9.17, 15) is 19.7 Å². The average molecular weight is 424 g/mol. The zero-order chi connectivity index (χ0) is 22.5. The number of hydrogen-bond donors (Lipinski definition) is 0. The number of methoxy groups -OCH3 is 1. The Labute approximate surface area is 177 Å². The highest BCUT2D eigenvalue weighted by Gasteiger charge is 2.31. The van der Waals surface area contributed by atoms with E-state index in [0.717, 1.165) is 5.56 Å². The Hall–Kier alpha value is -4.08. The van der Waals surface area contributed by atoms with Crippen molar-refractivity contribution in [2.24, 2.45) is 0 Å². The topological polar surface area (TPSA) is 126 Å². The number of aryl methyl sites for hydroxylation is 1. The van der Waals surface area contributed by atoms with Crippen molar-refractivity contribution in [3.63, 3.8) is 0 Å². The van der Waals surface area contributed by atoms with Gasteiger partial charge in [0.05, 0.1) is 25.2 Å². The summed E-state index contributed by atoms with van der Waals surface area (Å²) < 4.78 is 11.5. The van der Waals surface area contributed by atoms with Gasteiger partial charge in [0.15, 0.2) is 11.4 Å². The van der Waals surface area contributed by atoms with Crippen LogP contribution in [0.3, 0.4) is 0 Å². The van der Waals surface area contributed by atoms with Gasteiger partial charge in [-0.2, -0.15) is 0 Å². The van der Waals surface area contributed by atoms with Gasteiger partial charge in [-0.3, -0.25) is 14.9 Å². The summed E-state index contributed by atoms with van der Waals surface area (Å²) in [6.45, 7) is 3.54. The van der Waals surface area contributed by atoms with E-state index in [4.69, 9.17) is 9.47 Å². The van der Waals surface area contributed by atoms with Gasteiger partial charge < -0.3 is 9.47 Å². The van der Waals surface area contributed by atoms with Crippen LogP contribution in [0.15, 0.2) is 42.5 Å². The number of carbonyl (C=O) groups is 2. The number of nitrogens with zero attached hydrogens (tertiary/aromatic N) is 4. The molecule has 0 unspecified atom stereocenters. The Kier molecular flexibility index (Phi) is 6.39. The maximum atomic E-state index is 13.2. The summed E-state index contributed by atoms with van der Waals surface area (Å²) in [4.78, 5) is 36.5. The Bertz CT molecular complexity index is 1140. The summed E-state index contributed by atoms with van der Waals surface area (Å²) >= 11 is 0. The van der Waals surface area contributed by atoms with Crippen LogP contribution in [0.4, 0.5) is 5.69 Å². The normalized spacial score (nSPS) is 10.5. The van der Waals surface area contributed by atoms with Gasteiger partial charge in [-0.1, -0.05) is 23.4 Å². The van der Waals surface area contributed by atoms with Crippen LogP contribution in [0.2, 0.25) is 0 Å². The monoisotopic (exact) mass is 424 g/mol. The standard InChI is InChI=1S/C21H20N4O6/c1-4-31-21(27)19-18(20(26)16-11-13(2)5-10-17(16)25(28)29)22-23-24(19)12-14-6-8-15(30-3)9-7-14/h5-11H,4,12H2,1-3H3. The predicted molar refractivity (Wildman–Crippen MR) is 109 cm³/mol. The first-order chi connectivity index (χ1) is 14.8. The number of carbonyl (C=O) groups excluding carboxylic acids is 2. The molecule has 0 bridgehead atoms. The van der Waals surface area contributed by atoms with Crippen LogP contribution in [-0.4, -0.2) is 45.4 Å². The maximum absolute atomic E-state index is 13.2. The molecular formula is C21H20N4O6. The van der Waals surface area contributed by atoms with Crippen LogP contribution < -0.4 is 4.74 Å². The molecule has 0 fully saturated rings. The van der Waals surface area contributed by atoms with Crippen molar-refractivity contribution >= 4 is 17.4 Å². The molecule has 3 aromatic rings. The molecule has 2 aromatic carbocycles. The molecule has 0 amide bonds. The minimum atomic E-state index is -0.792. The van der Waals surface area contributed by atoms with Gasteiger partial charge in [-0.15, -0.1) is 5.10 Å². The number of rotatable bonds is 8. The zero-order valence-electron chi connectivity index (χ0n) is 17.2. The summed E-state index contributed by atoms with van der Waals surface area (Å²) in [6.07, 6.45) is 0. The first kappa shape index (κ1) is 21.6. The number of aromatic nitrogens is 3. The Morgan fingerprint density at radius 2 is 1.87 bits per heavy atom. The van der Waals surface area contributed by atoms with E-state index in [1.165, 1.54) is 22.9 Å². The molecule has 0 saturated carbocycles. The van der Waals surface area contributed by atoms with Crippen LogP contribution in [0.5, 0.6) is 5.75 Å². The first-order valence-corrected chi connectivity index (χ1v) is 9.39. The molecule has 0 aliphatic carbocycles. The number of nitro benzene ring substituents is 1. The van der Waals surface area contributed by atoms with Crippen molar-refractivity contribution < 1.29 is 24.0 Å². The molecular weight excluding hydrogens is 404 g/mol. The van der Waals surface area contributed by atoms with Crippen LogP contribution in [0.1, 0.15) is 44.6 Å². The molecule has 3 rings (SSSR count). The highest BCUT2D eigenvalue weighted by atomic mass is 16.6. The molecule has 1 aromatic heterocycles. The van der Waals surface area contributed by atoms with Gasteiger partial charge >= 0.3 is 5.97 Å². The predicted octanol–water partition coefficient (Wildman–Crippen LogP) is 2.96. The van der Waals surface area contributed by atoms with Crippen molar-refractivity contribution in [2.75, 3.05) is 13.7 Å². The number of ketones is 1. The highest BCUT2D eigenvalue weighted by molar-refractivity contribution is 6.14. The zero-order valence-corrected chi connectivity index (χ0v) is 17.2. The second-order valence-corrected chi connectivity index (χ2v) is 6.62. The lowest BCUT2D eigenvalue weighted by atomic mass is 10.0. The van der Waals surface area contributed by atoms with E-state index < -0.39 is 16.7 Å². The van der Waals surface area contributed by atoms with E-state index in [1.807, 2.05) is 0 Å². The minimum Gasteiger partial charge on any atom is -0.497 e. The third-order valence-electron chi connectivity index (χ3n) is 4.50. The fourth-order valence-electron chi connectivity index (χ4n) is 3.00. The second-order valence-electron chi connectivity index (χ2n) is 6.62. The summed E-state index contributed by atoms with van der Waals surface area (Å²) in [5.41, 5.74) is 0.398. The quantitative estimate of drug-likeness (QED) is 0.234. The van der Waals surface area contributed by atoms with E-state index in [2.05, 4.69) is 10.3 Å².